The Kier molecular flexibility index (Phi) is 6.48. The van der Waals surface area contributed by atoms with Crippen molar-refractivity contribution in [3.05, 3.63) is 47.3 Å². The molecule has 1 aromatic carbocycles. The Labute approximate surface area is 163 Å². The molecule has 0 spiro atoms. The van der Waals surface area contributed by atoms with Gasteiger partial charge in [0.05, 0.1) is 19.8 Å². The summed E-state index contributed by atoms with van der Waals surface area (Å²) >= 11 is 1.17. The molecule has 7 nitrogen and oxygen atoms in total. The first-order valence-corrected chi connectivity index (χ1v) is 10.9. The van der Waals surface area contributed by atoms with Crippen LogP contribution in [0.2, 0.25) is 0 Å². The number of sulfonamides is 1. The van der Waals surface area contributed by atoms with Crippen LogP contribution in [0.25, 0.3) is 0 Å². The van der Waals surface area contributed by atoms with Crippen molar-refractivity contribution in [1.29, 1.82) is 0 Å². The zero-order chi connectivity index (χ0) is 19.3. The fourth-order valence-electron chi connectivity index (χ4n) is 2.58. The van der Waals surface area contributed by atoms with Gasteiger partial charge in [-0.2, -0.15) is 4.31 Å². The molecule has 9 heteroatoms. The average molecular weight is 411 g/mol. The lowest BCUT2D eigenvalue weighted by molar-refractivity contribution is -0.127. The lowest BCUT2D eigenvalue weighted by atomic mass is 10.3. The average Bonchev–Trinajstić information content (AvgIpc) is 3.17. The summed E-state index contributed by atoms with van der Waals surface area (Å²) in [5.41, 5.74) is 0. The van der Waals surface area contributed by atoms with Crippen LogP contribution in [0.1, 0.15) is 11.8 Å². The number of nitrogens with one attached hydrogen (secondary N) is 1. The van der Waals surface area contributed by atoms with E-state index in [2.05, 4.69) is 5.32 Å². The highest BCUT2D eigenvalue weighted by Gasteiger charge is 2.27. The lowest BCUT2D eigenvalue weighted by Gasteiger charge is -2.25. The molecule has 2 aromatic rings. The van der Waals surface area contributed by atoms with Crippen LogP contribution in [0.3, 0.4) is 0 Å². The Hall–Kier alpha value is -1.94. The Balaban J connectivity index is 1.55. The molecule has 1 aromatic heterocycles. The third kappa shape index (κ3) is 5.07. The van der Waals surface area contributed by atoms with Gasteiger partial charge in [0.1, 0.15) is 9.96 Å². The number of nitrogens with zero attached hydrogens (tertiary/aromatic N) is 1. The molecule has 1 saturated heterocycles. The minimum absolute atomic E-state index is 0.255. The monoisotopic (exact) mass is 410 g/mol. The Morgan fingerprint density at radius 3 is 2.63 bits per heavy atom. The fourth-order valence-corrected chi connectivity index (χ4v) is 5.44. The van der Waals surface area contributed by atoms with E-state index in [1.807, 2.05) is 18.2 Å². The van der Waals surface area contributed by atoms with Crippen LogP contribution in [0.4, 0.5) is 0 Å². The molecule has 0 unspecified atom stereocenters. The van der Waals surface area contributed by atoms with E-state index < -0.39 is 16.1 Å². The molecule has 0 bridgehead atoms. The third-order valence-electron chi connectivity index (χ3n) is 4.06. The summed E-state index contributed by atoms with van der Waals surface area (Å²) in [7, 11) is -3.50. The molecule has 1 amide bonds. The first-order chi connectivity index (χ1) is 13.0. The molecule has 3 rings (SSSR count). The molecule has 0 radical (unpaired) electrons. The molecule has 0 aliphatic carbocycles. The number of para-hydroxylation sites is 1. The molecular weight excluding hydrogens is 388 g/mol. The quantitative estimate of drug-likeness (QED) is 0.753. The zero-order valence-corrected chi connectivity index (χ0v) is 16.6. The summed E-state index contributed by atoms with van der Waals surface area (Å²) in [4.78, 5) is 13.0. The van der Waals surface area contributed by atoms with E-state index in [4.69, 9.17) is 9.47 Å². The molecule has 1 aliphatic rings. The van der Waals surface area contributed by atoms with Crippen molar-refractivity contribution in [1.82, 2.24) is 9.62 Å². The van der Waals surface area contributed by atoms with Crippen LogP contribution in [0.5, 0.6) is 5.75 Å². The van der Waals surface area contributed by atoms with Crippen molar-refractivity contribution in [3.63, 3.8) is 0 Å². The van der Waals surface area contributed by atoms with Gasteiger partial charge in [0, 0.05) is 18.0 Å². The first kappa shape index (κ1) is 19.8. The molecule has 146 valence electrons. The van der Waals surface area contributed by atoms with E-state index in [-0.39, 0.29) is 16.7 Å². The highest BCUT2D eigenvalue weighted by Crippen LogP contribution is 2.25. The van der Waals surface area contributed by atoms with Gasteiger partial charge < -0.3 is 14.8 Å². The van der Waals surface area contributed by atoms with Crippen LogP contribution in [-0.4, -0.2) is 51.0 Å². The van der Waals surface area contributed by atoms with Gasteiger partial charge in [-0.1, -0.05) is 18.2 Å². The summed E-state index contributed by atoms with van der Waals surface area (Å²) in [5.74, 6) is 0.361. The Morgan fingerprint density at radius 1 is 1.22 bits per heavy atom. The second kappa shape index (κ2) is 8.83. The van der Waals surface area contributed by atoms with E-state index in [0.717, 1.165) is 4.88 Å². The van der Waals surface area contributed by atoms with Gasteiger partial charge in [0.2, 0.25) is 0 Å². The van der Waals surface area contributed by atoms with Gasteiger partial charge in [-0.05, 0) is 31.2 Å². The van der Waals surface area contributed by atoms with Crippen LogP contribution >= 0.6 is 11.3 Å². The van der Waals surface area contributed by atoms with Crippen molar-refractivity contribution in [2.45, 2.75) is 23.8 Å². The van der Waals surface area contributed by atoms with Gasteiger partial charge in [-0.3, -0.25) is 4.79 Å². The number of amides is 1. The number of carbonyl (C=O) groups is 1. The van der Waals surface area contributed by atoms with Crippen LogP contribution in [-0.2, 0) is 26.1 Å². The molecule has 27 heavy (non-hydrogen) atoms. The highest BCUT2D eigenvalue weighted by molar-refractivity contribution is 7.91. The fraction of sp³-hybridized carbons (Fsp3) is 0.389. The van der Waals surface area contributed by atoms with Crippen molar-refractivity contribution < 1.29 is 22.7 Å². The van der Waals surface area contributed by atoms with Crippen molar-refractivity contribution in [2.75, 3.05) is 26.3 Å². The maximum atomic E-state index is 12.6. The Morgan fingerprint density at radius 2 is 1.93 bits per heavy atom. The van der Waals surface area contributed by atoms with E-state index in [9.17, 15) is 13.2 Å². The summed E-state index contributed by atoms with van der Waals surface area (Å²) in [6, 6.07) is 12.4. The first-order valence-electron chi connectivity index (χ1n) is 8.63. The van der Waals surface area contributed by atoms with Gasteiger partial charge in [0.25, 0.3) is 15.9 Å². The normalized spacial score (nSPS) is 16.6. The van der Waals surface area contributed by atoms with Crippen LogP contribution < -0.4 is 10.1 Å². The number of thiophene rings is 1. The predicted octanol–water partition coefficient (Wildman–Crippen LogP) is 1.85. The summed E-state index contributed by atoms with van der Waals surface area (Å²) in [6.07, 6.45) is -0.649. The zero-order valence-electron chi connectivity index (χ0n) is 15.0. The van der Waals surface area contributed by atoms with Crippen LogP contribution in [0, 0.1) is 0 Å². The maximum absolute atomic E-state index is 12.6. The van der Waals surface area contributed by atoms with Crippen molar-refractivity contribution in [3.8, 4) is 5.75 Å². The molecule has 1 N–H and O–H groups in total. The molecule has 0 saturated carbocycles. The second-order valence-corrected chi connectivity index (χ2v) is 9.36. The maximum Gasteiger partial charge on any atom is 0.261 e. The molecule has 1 fully saturated rings. The number of morpholine rings is 1. The second-order valence-electron chi connectivity index (χ2n) is 6.03. The van der Waals surface area contributed by atoms with Gasteiger partial charge >= 0.3 is 0 Å². The largest absolute Gasteiger partial charge is 0.481 e. The highest BCUT2D eigenvalue weighted by atomic mass is 32.2. The van der Waals surface area contributed by atoms with Crippen LogP contribution in [0.15, 0.2) is 46.7 Å². The number of hydrogen-bond acceptors (Lipinski definition) is 6. The molecular formula is C18H22N2O5S2. The smallest absolute Gasteiger partial charge is 0.261 e. The summed E-state index contributed by atoms with van der Waals surface area (Å²) in [5, 5.41) is 2.78. The summed E-state index contributed by atoms with van der Waals surface area (Å²) in [6.45, 7) is 3.47. The van der Waals surface area contributed by atoms with E-state index in [0.29, 0.717) is 32.1 Å². The van der Waals surface area contributed by atoms with Crippen molar-refractivity contribution in [2.24, 2.45) is 0 Å². The van der Waals surface area contributed by atoms with Gasteiger partial charge in [0.15, 0.2) is 6.10 Å². The number of carbonyl (C=O) groups excluding carboxylic acids is 1. The van der Waals surface area contributed by atoms with Gasteiger partial charge in [-0.15, -0.1) is 11.3 Å². The molecule has 1 aliphatic heterocycles. The summed E-state index contributed by atoms with van der Waals surface area (Å²) < 4.78 is 37.7. The van der Waals surface area contributed by atoms with Gasteiger partial charge in [-0.25, -0.2) is 8.42 Å². The number of hydrogen-bond donors (Lipinski definition) is 1. The molecule has 2 heterocycles. The standard InChI is InChI=1S/C18H22N2O5S2/c1-14(25-15-5-3-2-4-6-15)18(21)19-13-16-7-8-17(26-16)27(22,23)20-9-11-24-12-10-20/h2-8,14H,9-13H2,1H3,(H,19,21)/t14-/m0/s1. The minimum Gasteiger partial charge on any atom is -0.481 e. The van der Waals surface area contributed by atoms with E-state index in [1.54, 1.807) is 31.2 Å². The lowest BCUT2D eigenvalue weighted by Crippen LogP contribution is -2.40. The molecule has 1 atom stereocenters. The number of benzene rings is 1. The predicted molar refractivity (Wildman–Crippen MR) is 102 cm³/mol. The Bertz CT molecular complexity index is 861. The minimum atomic E-state index is -3.50. The number of ether oxygens (including phenoxy) is 2. The number of rotatable bonds is 7. The SMILES string of the molecule is C[C@H](Oc1ccccc1)C(=O)NCc1ccc(S(=O)(=O)N2CCOCC2)s1. The van der Waals surface area contributed by atoms with Crippen molar-refractivity contribution >= 4 is 27.3 Å². The van der Waals surface area contributed by atoms with E-state index >= 15 is 0 Å². The third-order valence-corrected chi connectivity index (χ3v) is 7.51. The van der Waals surface area contributed by atoms with E-state index in [1.165, 1.54) is 15.6 Å². The topological polar surface area (TPSA) is 84.9 Å².